The van der Waals surface area contributed by atoms with E-state index in [0.717, 1.165) is 37.0 Å². The molecule has 5 rings (SSSR count). The first-order chi connectivity index (χ1) is 15.4. The highest BCUT2D eigenvalue weighted by atomic mass is 16.5. The lowest BCUT2D eigenvalue weighted by atomic mass is 9.85. The van der Waals surface area contributed by atoms with Crippen molar-refractivity contribution in [2.75, 3.05) is 46.4 Å². The number of ether oxygens (including phenoxy) is 1. The molecule has 1 aromatic carbocycles. The molecule has 8 nitrogen and oxygen atoms in total. The number of nitrogens with zero attached hydrogens (tertiary/aromatic N) is 4. The van der Waals surface area contributed by atoms with Crippen molar-refractivity contribution in [2.45, 2.75) is 38.8 Å². The second-order valence-electron chi connectivity index (χ2n) is 10.0. The summed E-state index contributed by atoms with van der Waals surface area (Å²) in [7, 11) is 2.09. The zero-order valence-electron chi connectivity index (χ0n) is 19.2. The zero-order chi connectivity index (χ0) is 22.5. The summed E-state index contributed by atoms with van der Waals surface area (Å²) in [4.78, 5) is 40.7. The van der Waals surface area contributed by atoms with Crippen LogP contribution in [-0.2, 0) is 9.53 Å². The Morgan fingerprint density at radius 1 is 1.22 bits per heavy atom. The highest BCUT2D eigenvalue weighted by Gasteiger charge is 2.62. The summed E-state index contributed by atoms with van der Waals surface area (Å²) in [6.07, 6.45) is 1.78. The predicted molar refractivity (Wildman–Crippen MR) is 121 cm³/mol. The van der Waals surface area contributed by atoms with Gasteiger partial charge in [0.1, 0.15) is 0 Å². The van der Waals surface area contributed by atoms with Gasteiger partial charge in [-0.3, -0.25) is 9.59 Å². The topological polar surface area (TPSA) is 81.8 Å². The lowest BCUT2D eigenvalue weighted by Crippen LogP contribution is -2.52. The van der Waals surface area contributed by atoms with Crippen LogP contribution in [0.2, 0.25) is 0 Å². The maximum atomic E-state index is 13.5. The van der Waals surface area contributed by atoms with Crippen molar-refractivity contribution in [3.05, 3.63) is 30.1 Å². The molecule has 1 aliphatic carbocycles. The van der Waals surface area contributed by atoms with Crippen LogP contribution in [0.25, 0.3) is 11.0 Å². The molecule has 1 saturated carbocycles. The van der Waals surface area contributed by atoms with Crippen LogP contribution in [0, 0.1) is 11.3 Å². The lowest BCUT2D eigenvalue weighted by Gasteiger charge is -2.40. The van der Waals surface area contributed by atoms with Gasteiger partial charge >= 0.3 is 0 Å². The summed E-state index contributed by atoms with van der Waals surface area (Å²) in [5.74, 6) is 0.561. The van der Waals surface area contributed by atoms with E-state index in [0.29, 0.717) is 32.1 Å². The van der Waals surface area contributed by atoms with E-state index in [1.807, 2.05) is 34.1 Å². The van der Waals surface area contributed by atoms with E-state index in [1.165, 1.54) is 0 Å². The Kier molecular flexibility index (Phi) is 5.45. The predicted octanol–water partition coefficient (Wildman–Crippen LogP) is 1.98. The molecular formula is C24H33N5O3. The van der Waals surface area contributed by atoms with Crippen LogP contribution < -0.4 is 0 Å². The number of carbonyl (C=O) groups excluding carboxylic acids is 2. The van der Waals surface area contributed by atoms with Crippen molar-refractivity contribution >= 4 is 22.8 Å². The van der Waals surface area contributed by atoms with E-state index in [9.17, 15) is 9.59 Å². The number of carbonyl (C=O) groups is 2. The number of benzene rings is 1. The molecular weight excluding hydrogens is 406 g/mol. The van der Waals surface area contributed by atoms with Crippen LogP contribution in [0.1, 0.15) is 37.3 Å². The summed E-state index contributed by atoms with van der Waals surface area (Å²) >= 11 is 0. The van der Waals surface area contributed by atoms with Gasteiger partial charge in [-0.05, 0) is 45.9 Å². The SMILES string of the molecule is CC(C)N(C(=O)c1nc2ccccc2[nH]1)C1CC12C[C@@H](C(=O)N1CCOCC1)CN(C)C2. The average Bonchev–Trinajstić information content (AvgIpc) is 3.24. The van der Waals surface area contributed by atoms with E-state index >= 15 is 0 Å². The number of aromatic nitrogens is 2. The van der Waals surface area contributed by atoms with Gasteiger partial charge in [-0.1, -0.05) is 12.1 Å². The number of para-hydroxylation sites is 2. The first-order valence-corrected chi connectivity index (χ1v) is 11.7. The Hall–Kier alpha value is -2.45. The molecule has 2 aromatic rings. The summed E-state index contributed by atoms with van der Waals surface area (Å²) in [5, 5.41) is 0. The summed E-state index contributed by atoms with van der Waals surface area (Å²) in [5.41, 5.74) is 1.66. The largest absolute Gasteiger partial charge is 0.378 e. The average molecular weight is 440 g/mol. The standard InChI is InChI=1S/C24H33N5O3/c1-16(2)29(23(31)21-25-18-6-4-5-7-19(18)26-21)20-13-24(20)12-17(14-27(3)15-24)22(30)28-8-10-32-11-9-28/h4-7,16-17,20H,8-15H2,1-3H3,(H,25,26)/t17-,20?,24?/m1/s1. The maximum absolute atomic E-state index is 13.5. The minimum absolute atomic E-state index is 0.0211. The monoisotopic (exact) mass is 439 g/mol. The van der Waals surface area contributed by atoms with Crippen molar-refractivity contribution in [1.29, 1.82) is 0 Å². The van der Waals surface area contributed by atoms with Crippen molar-refractivity contribution in [3.8, 4) is 0 Å². The molecule has 8 heteroatoms. The minimum Gasteiger partial charge on any atom is -0.378 e. The molecule has 3 atom stereocenters. The number of piperidine rings is 1. The zero-order valence-corrected chi connectivity index (χ0v) is 19.2. The molecule has 1 aromatic heterocycles. The number of aromatic amines is 1. The van der Waals surface area contributed by atoms with Gasteiger partial charge < -0.3 is 24.4 Å². The molecule has 2 saturated heterocycles. The molecule has 1 N–H and O–H groups in total. The Balaban J connectivity index is 1.35. The summed E-state index contributed by atoms with van der Waals surface area (Å²) in [6.45, 7) is 8.43. The number of hydrogen-bond donors (Lipinski definition) is 1. The van der Waals surface area contributed by atoms with Crippen LogP contribution in [0.5, 0.6) is 0 Å². The number of nitrogens with one attached hydrogen (secondary N) is 1. The van der Waals surface area contributed by atoms with Gasteiger partial charge in [0.05, 0.1) is 30.2 Å². The number of hydrogen-bond acceptors (Lipinski definition) is 5. The van der Waals surface area contributed by atoms with E-state index in [4.69, 9.17) is 4.74 Å². The van der Waals surface area contributed by atoms with Crippen LogP contribution in [0.4, 0.5) is 0 Å². The summed E-state index contributed by atoms with van der Waals surface area (Å²) in [6, 6.07) is 7.91. The first-order valence-electron chi connectivity index (χ1n) is 11.7. The first kappa shape index (κ1) is 21.4. The van der Waals surface area contributed by atoms with Crippen LogP contribution in [0.15, 0.2) is 24.3 Å². The number of morpholine rings is 1. The van der Waals surface area contributed by atoms with Crippen molar-refractivity contribution in [2.24, 2.45) is 11.3 Å². The van der Waals surface area contributed by atoms with Gasteiger partial charge in [0.25, 0.3) is 5.91 Å². The molecule has 0 bridgehead atoms. The van der Waals surface area contributed by atoms with Crippen molar-refractivity contribution in [1.82, 2.24) is 24.7 Å². The number of H-pyrrole nitrogens is 1. The number of rotatable bonds is 4. The van der Waals surface area contributed by atoms with Gasteiger partial charge in [0.15, 0.2) is 5.82 Å². The van der Waals surface area contributed by atoms with E-state index in [1.54, 1.807) is 0 Å². The second kappa shape index (κ2) is 8.15. The van der Waals surface area contributed by atoms with Gasteiger partial charge in [-0.25, -0.2) is 4.98 Å². The van der Waals surface area contributed by atoms with Crippen LogP contribution in [0.3, 0.4) is 0 Å². The number of amides is 2. The fourth-order valence-corrected chi connectivity index (χ4v) is 5.83. The molecule has 3 aliphatic rings. The minimum atomic E-state index is -0.0534. The van der Waals surface area contributed by atoms with Crippen LogP contribution >= 0.6 is 0 Å². The third-order valence-corrected chi connectivity index (χ3v) is 7.31. The quantitative estimate of drug-likeness (QED) is 0.788. The highest BCUT2D eigenvalue weighted by molar-refractivity contribution is 5.94. The number of likely N-dealkylation sites (tertiary alicyclic amines) is 1. The molecule has 1 spiro atoms. The molecule has 2 unspecified atom stereocenters. The number of imidazole rings is 1. The van der Waals surface area contributed by atoms with Crippen LogP contribution in [-0.4, -0.2) is 95.0 Å². The van der Waals surface area contributed by atoms with Crippen molar-refractivity contribution in [3.63, 3.8) is 0 Å². The van der Waals surface area contributed by atoms with Gasteiger partial charge in [0, 0.05) is 43.7 Å². The third kappa shape index (κ3) is 3.79. The molecule has 172 valence electrons. The van der Waals surface area contributed by atoms with Crippen molar-refractivity contribution < 1.29 is 14.3 Å². The third-order valence-electron chi connectivity index (χ3n) is 7.31. The molecule has 3 heterocycles. The second-order valence-corrected chi connectivity index (χ2v) is 10.0. The maximum Gasteiger partial charge on any atom is 0.290 e. The molecule has 0 radical (unpaired) electrons. The fourth-order valence-electron chi connectivity index (χ4n) is 5.83. The Bertz CT molecular complexity index is 981. The van der Waals surface area contributed by atoms with E-state index in [-0.39, 0.29) is 35.2 Å². The summed E-state index contributed by atoms with van der Waals surface area (Å²) < 4.78 is 5.42. The van der Waals surface area contributed by atoms with E-state index in [2.05, 4.69) is 35.8 Å². The number of fused-ring (bicyclic) bond motifs is 1. The van der Waals surface area contributed by atoms with Gasteiger partial charge in [-0.2, -0.15) is 0 Å². The molecule has 32 heavy (non-hydrogen) atoms. The van der Waals surface area contributed by atoms with Gasteiger partial charge in [-0.15, -0.1) is 0 Å². The molecule has 2 aliphatic heterocycles. The highest BCUT2D eigenvalue weighted by Crippen LogP contribution is 2.57. The van der Waals surface area contributed by atoms with E-state index < -0.39 is 0 Å². The normalized spacial score (nSPS) is 28.4. The molecule has 2 amide bonds. The fraction of sp³-hybridized carbons (Fsp3) is 0.625. The Labute approximate surface area is 188 Å². The Morgan fingerprint density at radius 2 is 1.97 bits per heavy atom. The lowest BCUT2D eigenvalue weighted by molar-refractivity contribution is -0.142. The van der Waals surface area contributed by atoms with Gasteiger partial charge in [0.2, 0.25) is 5.91 Å². The smallest absolute Gasteiger partial charge is 0.290 e. The Morgan fingerprint density at radius 3 is 2.69 bits per heavy atom. The molecule has 3 fully saturated rings.